The van der Waals surface area contributed by atoms with Crippen LogP contribution in [-0.4, -0.2) is 21.4 Å². The third kappa shape index (κ3) is 5.42. The topological polar surface area (TPSA) is 76.0 Å². The highest BCUT2D eigenvalue weighted by Crippen LogP contribution is 2.16. The number of rotatable bonds is 6. The average Bonchev–Trinajstić information content (AvgIpc) is 3.24. The predicted octanol–water partition coefficient (Wildman–Crippen LogP) is 5.40. The molecule has 3 aromatic carbocycles. The van der Waals surface area contributed by atoms with Crippen molar-refractivity contribution in [2.75, 3.05) is 10.6 Å². The van der Waals surface area contributed by atoms with Crippen molar-refractivity contribution < 1.29 is 9.59 Å². The second-order valence-electron chi connectivity index (χ2n) is 7.41. The van der Waals surface area contributed by atoms with Crippen molar-refractivity contribution in [2.24, 2.45) is 0 Å². The first-order valence-corrected chi connectivity index (χ1v) is 10.4. The summed E-state index contributed by atoms with van der Waals surface area (Å²) in [5.74, 6) is -0.456. The lowest BCUT2D eigenvalue weighted by Crippen LogP contribution is -2.12. The van der Waals surface area contributed by atoms with E-state index in [0.29, 0.717) is 34.2 Å². The maximum absolute atomic E-state index is 12.4. The Morgan fingerprint density at radius 3 is 2.34 bits per heavy atom. The van der Waals surface area contributed by atoms with Crippen LogP contribution in [0.25, 0.3) is 0 Å². The number of carbonyl (C=O) groups excluding carboxylic acids is 2. The molecule has 0 aliphatic rings. The second-order valence-corrected chi connectivity index (χ2v) is 7.85. The van der Waals surface area contributed by atoms with Gasteiger partial charge in [-0.1, -0.05) is 47.5 Å². The number of halogens is 1. The molecular formula is C25H21ClN4O2. The number of nitrogens with one attached hydrogen (secondary N) is 2. The molecule has 1 heterocycles. The Kier molecular flexibility index (Phi) is 6.33. The maximum Gasteiger partial charge on any atom is 0.275 e. The molecule has 0 spiro atoms. The molecule has 0 saturated heterocycles. The Morgan fingerprint density at radius 2 is 1.62 bits per heavy atom. The van der Waals surface area contributed by atoms with Crippen LogP contribution in [0.15, 0.2) is 85.3 Å². The average molecular weight is 445 g/mol. The monoisotopic (exact) mass is 444 g/mol. The van der Waals surface area contributed by atoms with E-state index in [1.165, 1.54) is 0 Å². The second kappa shape index (κ2) is 9.49. The van der Waals surface area contributed by atoms with E-state index in [2.05, 4.69) is 15.6 Å². The minimum absolute atomic E-state index is 0.150. The first kappa shape index (κ1) is 21.3. The summed E-state index contributed by atoms with van der Waals surface area (Å²) < 4.78 is 1.83. The first-order chi connectivity index (χ1) is 15.5. The fraction of sp³-hybridized carbons (Fsp3) is 0.0800. The zero-order valence-electron chi connectivity index (χ0n) is 17.4. The van der Waals surface area contributed by atoms with Gasteiger partial charge in [0.25, 0.3) is 11.8 Å². The Labute approximate surface area is 190 Å². The van der Waals surface area contributed by atoms with Gasteiger partial charge in [-0.3, -0.25) is 9.59 Å². The SMILES string of the molecule is Cc1ccc(C(=O)Nc2ccc(Cn3cnc(C(=O)Nc4cccc(Cl)c4)c3)cc2)cc1. The largest absolute Gasteiger partial charge is 0.332 e. The van der Waals surface area contributed by atoms with Gasteiger partial charge in [-0.15, -0.1) is 0 Å². The molecule has 2 amide bonds. The van der Waals surface area contributed by atoms with E-state index in [4.69, 9.17) is 11.6 Å². The summed E-state index contributed by atoms with van der Waals surface area (Å²) in [7, 11) is 0. The molecule has 0 saturated carbocycles. The Hall–Kier alpha value is -3.90. The number of aryl methyl sites for hydroxylation is 1. The van der Waals surface area contributed by atoms with E-state index in [0.717, 1.165) is 11.1 Å². The smallest absolute Gasteiger partial charge is 0.275 e. The summed E-state index contributed by atoms with van der Waals surface area (Å²) >= 11 is 5.95. The van der Waals surface area contributed by atoms with Gasteiger partial charge >= 0.3 is 0 Å². The van der Waals surface area contributed by atoms with E-state index in [1.807, 2.05) is 47.9 Å². The summed E-state index contributed by atoms with van der Waals surface area (Å²) in [5, 5.41) is 6.22. The van der Waals surface area contributed by atoms with E-state index in [9.17, 15) is 9.59 Å². The van der Waals surface area contributed by atoms with Crippen LogP contribution in [0.1, 0.15) is 32.0 Å². The van der Waals surface area contributed by atoms with Gasteiger partial charge in [0.2, 0.25) is 0 Å². The minimum atomic E-state index is -0.305. The van der Waals surface area contributed by atoms with Gasteiger partial charge in [0.05, 0.1) is 6.33 Å². The van der Waals surface area contributed by atoms with Gasteiger partial charge in [0.15, 0.2) is 0 Å². The molecule has 160 valence electrons. The third-order valence-electron chi connectivity index (χ3n) is 4.84. The number of nitrogens with zero attached hydrogens (tertiary/aromatic N) is 2. The first-order valence-electron chi connectivity index (χ1n) is 10.0. The highest BCUT2D eigenvalue weighted by molar-refractivity contribution is 6.30. The molecule has 1 aromatic heterocycles. The zero-order valence-corrected chi connectivity index (χ0v) is 18.1. The van der Waals surface area contributed by atoms with Crippen LogP contribution in [0.5, 0.6) is 0 Å². The van der Waals surface area contributed by atoms with Crippen LogP contribution < -0.4 is 10.6 Å². The fourth-order valence-corrected chi connectivity index (χ4v) is 3.33. The van der Waals surface area contributed by atoms with Gasteiger partial charge in [-0.2, -0.15) is 0 Å². The molecular weight excluding hydrogens is 424 g/mol. The number of benzene rings is 3. The standard InChI is InChI=1S/C25H21ClN4O2/c1-17-5-9-19(10-6-17)24(31)28-21-11-7-18(8-12-21)14-30-15-23(27-16-30)25(32)29-22-4-2-3-20(26)13-22/h2-13,15-16H,14H2,1H3,(H,28,31)(H,29,32). The van der Waals surface area contributed by atoms with E-state index in [1.54, 1.807) is 48.9 Å². The van der Waals surface area contributed by atoms with Gasteiger partial charge < -0.3 is 15.2 Å². The lowest BCUT2D eigenvalue weighted by Gasteiger charge is -2.07. The quantitative estimate of drug-likeness (QED) is 0.418. The van der Waals surface area contributed by atoms with Crippen LogP contribution >= 0.6 is 11.6 Å². The van der Waals surface area contributed by atoms with E-state index >= 15 is 0 Å². The van der Waals surface area contributed by atoms with Crippen molar-refractivity contribution in [3.8, 4) is 0 Å². The Balaban J connectivity index is 1.35. The van der Waals surface area contributed by atoms with Gasteiger partial charge in [0, 0.05) is 34.7 Å². The van der Waals surface area contributed by atoms with Crippen LogP contribution in [0, 0.1) is 6.92 Å². The molecule has 0 fully saturated rings. The van der Waals surface area contributed by atoms with Crippen molar-refractivity contribution in [3.63, 3.8) is 0 Å². The Morgan fingerprint density at radius 1 is 0.906 bits per heavy atom. The van der Waals surface area contributed by atoms with Crippen LogP contribution in [-0.2, 0) is 6.54 Å². The van der Waals surface area contributed by atoms with Crippen molar-refractivity contribution >= 4 is 34.8 Å². The molecule has 6 nitrogen and oxygen atoms in total. The molecule has 32 heavy (non-hydrogen) atoms. The van der Waals surface area contributed by atoms with E-state index in [-0.39, 0.29) is 11.8 Å². The van der Waals surface area contributed by atoms with Crippen molar-refractivity contribution in [1.29, 1.82) is 0 Å². The molecule has 0 radical (unpaired) electrons. The van der Waals surface area contributed by atoms with Gasteiger partial charge in [0.1, 0.15) is 5.69 Å². The molecule has 4 aromatic rings. The predicted molar refractivity (Wildman–Crippen MR) is 126 cm³/mol. The van der Waals surface area contributed by atoms with Crippen molar-refractivity contribution in [2.45, 2.75) is 13.5 Å². The number of anilines is 2. The molecule has 4 rings (SSSR count). The summed E-state index contributed by atoms with van der Waals surface area (Å²) in [5.41, 5.74) is 4.37. The molecule has 0 unspecified atom stereocenters. The number of hydrogen-bond acceptors (Lipinski definition) is 3. The lowest BCUT2D eigenvalue weighted by molar-refractivity contribution is 0.101. The summed E-state index contributed by atoms with van der Waals surface area (Å²) in [6, 6.07) is 21.9. The summed E-state index contributed by atoms with van der Waals surface area (Å²) in [4.78, 5) is 28.9. The lowest BCUT2D eigenvalue weighted by atomic mass is 10.1. The molecule has 0 aliphatic carbocycles. The van der Waals surface area contributed by atoms with Crippen LogP contribution in [0.2, 0.25) is 5.02 Å². The van der Waals surface area contributed by atoms with Crippen molar-refractivity contribution in [1.82, 2.24) is 9.55 Å². The number of imidazole rings is 1. The Bertz CT molecular complexity index is 1250. The molecule has 0 bridgehead atoms. The van der Waals surface area contributed by atoms with Crippen LogP contribution in [0.3, 0.4) is 0 Å². The number of aromatic nitrogens is 2. The summed E-state index contributed by atoms with van der Waals surface area (Å²) in [6.07, 6.45) is 3.30. The zero-order chi connectivity index (χ0) is 22.5. The molecule has 0 aliphatic heterocycles. The molecule has 2 N–H and O–H groups in total. The highest BCUT2D eigenvalue weighted by Gasteiger charge is 2.11. The van der Waals surface area contributed by atoms with Crippen molar-refractivity contribution in [3.05, 3.63) is 113 Å². The normalized spacial score (nSPS) is 10.6. The fourth-order valence-electron chi connectivity index (χ4n) is 3.14. The number of carbonyl (C=O) groups is 2. The summed E-state index contributed by atoms with van der Waals surface area (Å²) in [6.45, 7) is 2.53. The van der Waals surface area contributed by atoms with Crippen LogP contribution in [0.4, 0.5) is 11.4 Å². The molecule has 0 atom stereocenters. The maximum atomic E-state index is 12.4. The third-order valence-corrected chi connectivity index (χ3v) is 5.07. The van der Waals surface area contributed by atoms with Gasteiger partial charge in [-0.05, 0) is 55.0 Å². The van der Waals surface area contributed by atoms with Gasteiger partial charge in [-0.25, -0.2) is 4.98 Å². The van der Waals surface area contributed by atoms with E-state index < -0.39 is 0 Å². The minimum Gasteiger partial charge on any atom is -0.332 e. The highest BCUT2D eigenvalue weighted by atomic mass is 35.5. The molecule has 7 heteroatoms. The number of hydrogen-bond donors (Lipinski definition) is 2. The number of amides is 2.